The van der Waals surface area contributed by atoms with Gasteiger partial charge >= 0.3 is 0 Å². The SMILES string of the molecule is CCNCc1oc(CN2CCN(C(C)(C)C)CC2)cc1C. The smallest absolute Gasteiger partial charge is 0.120 e. The van der Waals surface area contributed by atoms with Crippen LogP contribution < -0.4 is 5.32 Å². The molecular formula is C17H31N3O. The van der Waals surface area contributed by atoms with Crippen molar-refractivity contribution in [3.8, 4) is 0 Å². The Balaban J connectivity index is 1.86. The van der Waals surface area contributed by atoms with Crippen molar-refractivity contribution in [2.24, 2.45) is 0 Å². The van der Waals surface area contributed by atoms with Gasteiger partial charge in [-0.25, -0.2) is 0 Å². The van der Waals surface area contributed by atoms with E-state index in [9.17, 15) is 0 Å². The molecule has 120 valence electrons. The molecule has 1 aromatic rings. The molecule has 0 amide bonds. The quantitative estimate of drug-likeness (QED) is 0.904. The zero-order valence-corrected chi connectivity index (χ0v) is 14.3. The van der Waals surface area contributed by atoms with Crippen molar-refractivity contribution >= 4 is 0 Å². The Hall–Kier alpha value is -0.840. The lowest BCUT2D eigenvalue weighted by molar-refractivity contribution is 0.0561. The number of aryl methyl sites for hydroxylation is 1. The molecule has 1 N–H and O–H groups in total. The third-order valence-electron chi connectivity index (χ3n) is 4.31. The van der Waals surface area contributed by atoms with Gasteiger partial charge in [0.25, 0.3) is 0 Å². The third kappa shape index (κ3) is 4.56. The first-order chi connectivity index (χ1) is 9.90. The molecule has 0 aromatic carbocycles. The van der Waals surface area contributed by atoms with Crippen molar-refractivity contribution in [3.63, 3.8) is 0 Å². The van der Waals surface area contributed by atoms with Crippen molar-refractivity contribution in [1.29, 1.82) is 0 Å². The molecule has 0 aliphatic carbocycles. The van der Waals surface area contributed by atoms with E-state index in [0.717, 1.165) is 57.3 Å². The lowest BCUT2D eigenvalue weighted by atomic mass is 10.0. The Morgan fingerprint density at radius 1 is 1.19 bits per heavy atom. The van der Waals surface area contributed by atoms with Crippen molar-refractivity contribution in [2.45, 2.75) is 53.2 Å². The fourth-order valence-electron chi connectivity index (χ4n) is 2.88. The third-order valence-corrected chi connectivity index (χ3v) is 4.31. The van der Waals surface area contributed by atoms with Crippen LogP contribution in [0.25, 0.3) is 0 Å². The van der Waals surface area contributed by atoms with Gasteiger partial charge in [0.15, 0.2) is 0 Å². The molecule has 1 aliphatic rings. The zero-order valence-electron chi connectivity index (χ0n) is 14.3. The summed E-state index contributed by atoms with van der Waals surface area (Å²) in [4.78, 5) is 5.06. The number of piperazine rings is 1. The van der Waals surface area contributed by atoms with Crippen LogP contribution >= 0.6 is 0 Å². The maximum Gasteiger partial charge on any atom is 0.120 e. The minimum atomic E-state index is 0.284. The van der Waals surface area contributed by atoms with E-state index < -0.39 is 0 Å². The van der Waals surface area contributed by atoms with E-state index in [1.165, 1.54) is 5.56 Å². The second kappa shape index (κ2) is 6.95. The van der Waals surface area contributed by atoms with Crippen LogP contribution in [0.3, 0.4) is 0 Å². The van der Waals surface area contributed by atoms with Gasteiger partial charge in [-0.3, -0.25) is 9.80 Å². The first-order valence-corrected chi connectivity index (χ1v) is 8.16. The van der Waals surface area contributed by atoms with Crippen LogP contribution in [0.1, 0.15) is 44.8 Å². The summed E-state index contributed by atoms with van der Waals surface area (Å²) in [5, 5.41) is 3.33. The second-order valence-corrected chi connectivity index (χ2v) is 7.03. The van der Waals surface area contributed by atoms with Gasteiger partial charge in [-0.15, -0.1) is 0 Å². The summed E-state index contributed by atoms with van der Waals surface area (Å²) in [6, 6.07) is 2.20. The molecule has 1 aliphatic heterocycles. The Morgan fingerprint density at radius 3 is 2.43 bits per heavy atom. The van der Waals surface area contributed by atoms with Crippen LogP contribution in [0.4, 0.5) is 0 Å². The van der Waals surface area contributed by atoms with E-state index in [-0.39, 0.29) is 5.54 Å². The van der Waals surface area contributed by atoms with Crippen molar-refractivity contribution in [1.82, 2.24) is 15.1 Å². The average Bonchev–Trinajstić information content (AvgIpc) is 2.76. The summed E-state index contributed by atoms with van der Waals surface area (Å²) >= 11 is 0. The fraction of sp³-hybridized carbons (Fsp3) is 0.765. The number of nitrogens with one attached hydrogen (secondary N) is 1. The molecule has 1 fully saturated rings. The van der Waals surface area contributed by atoms with E-state index in [2.05, 4.69) is 55.8 Å². The zero-order chi connectivity index (χ0) is 15.5. The maximum absolute atomic E-state index is 6.00. The van der Waals surface area contributed by atoms with Gasteiger partial charge in [0, 0.05) is 31.7 Å². The average molecular weight is 293 g/mol. The molecule has 0 bridgehead atoms. The van der Waals surface area contributed by atoms with Crippen LogP contribution in [0.15, 0.2) is 10.5 Å². The molecular weight excluding hydrogens is 262 g/mol. The number of hydrogen-bond donors (Lipinski definition) is 1. The minimum absolute atomic E-state index is 0.284. The maximum atomic E-state index is 6.00. The minimum Gasteiger partial charge on any atom is -0.463 e. The van der Waals surface area contributed by atoms with Crippen molar-refractivity contribution < 1.29 is 4.42 Å². The Morgan fingerprint density at radius 2 is 1.86 bits per heavy atom. The normalized spacial score (nSPS) is 18.3. The van der Waals surface area contributed by atoms with Crippen LogP contribution in [0.2, 0.25) is 0 Å². The highest BCUT2D eigenvalue weighted by Gasteiger charge is 2.26. The molecule has 1 aromatic heterocycles. The predicted octanol–water partition coefficient (Wildman–Crippen LogP) is 2.61. The molecule has 0 saturated carbocycles. The van der Waals surface area contributed by atoms with E-state index in [0.29, 0.717) is 0 Å². The number of nitrogens with zero attached hydrogens (tertiary/aromatic N) is 2. The molecule has 0 radical (unpaired) electrons. The van der Waals surface area contributed by atoms with E-state index in [4.69, 9.17) is 4.42 Å². The van der Waals surface area contributed by atoms with Crippen LogP contribution in [-0.4, -0.2) is 48.1 Å². The number of hydrogen-bond acceptors (Lipinski definition) is 4. The summed E-state index contributed by atoms with van der Waals surface area (Å²) in [7, 11) is 0. The van der Waals surface area contributed by atoms with Crippen molar-refractivity contribution in [3.05, 3.63) is 23.2 Å². The number of furan rings is 1. The molecule has 4 heteroatoms. The summed E-state index contributed by atoms with van der Waals surface area (Å²) in [6.45, 7) is 18.4. The summed E-state index contributed by atoms with van der Waals surface area (Å²) < 4.78 is 6.00. The van der Waals surface area contributed by atoms with Gasteiger partial charge in [0.1, 0.15) is 11.5 Å². The van der Waals surface area contributed by atoms with Gasteiger partial charge in [0.05, 0.1) is 13.1 Å². The standard InChI is InChI=1S/C17H31N3O/c1-6-18-12-16-14(2)11-15(21-16)13-19-7-9-20(10-8-19)17(3,4)5/h11,18H,6-10,12-13H2,1-5H3. The van der Waals surface area contributed by atoms with Gasteiger partial charge in [-0.1, -0.05) is 6.92 Å². The van der Waals surface area contributed by atoms with Gasteiger partial charge < -0.3 is 9.73 Å². The van der Waals surface area contributed by atoms with Gasteiger partial charge in [0.2, 0.25) is 0 Å². The Labute approximate surface area is 129 Å². The largest absolute Gasteiger partial charge is 0.463 e. The second-order valence-electron chi connectivity index (χ2n) is 7.03. The van der Waals surface area contributed by atoms with Crippen LogP contribution in [0, 0.1) is 6.92 Å². The molecule has 2 heterocycles. The highest BCUT2D eigenvalue weighted by atomic mass is 16.3. The Kier molecular flexibility index (Phi) is 5.47. The molecule has 0 unspecified atom stereocenters. The molecule has 2 rings (SSSR count). The monoisotopic (exact) mass is 293 g/mol. The highest BCUT2D eigenvalue weighted by molar-refractivity contribution is 5.20. The fourth-order valence-corrected chi connectivity index (χ4v) is 2.88. The summed E-state index contributed by atoms with van der Waals surface area (Å²) in [5.41, 5.74) is 1.55. The van der Waals surface area contributed by atoms with Gasteiger partial charge in [-0.2, -0.15) is 0 Å². The lowest BCUT2D eigenvalue weighted by Crippen LogP contribution is -2.53. The molecule has 21 heavy (non-hydrogen) atoms. The number of rotatable bonds is 5. The molecule has 0 spiro atoms. The lowest BCUT2D eigenvalue weighted by Gasteiger charge is -2.42. The predicted molar refractivity (Wildman–Crippen MR) is 87.4 cm³/mol. The van der Waals surface area contributed by atoms with Crippen LogP contribution in [0.5, 0.6) is 0 Å². The van der Waals surface area contributed by atoms with Gasteiger partial charge in [-0.05, 0) is 45.9 Å². The summed E-state index contributed by atoms with van der Waals surface area (Å²) in [6.07, 6.45) is 0. The molecule has 4 nitrogen and oxygen atoms in total. The van der Waals surface area contributed by atoms with Crippen LogP contribution in [-0.2, 0) is 13.1 Å². The van der Waals surface area contributed by atoms with E-state index in [1.54, 1.807) is 0 Å². The van der Waals surface area contributed by atoms with Crippen molar-refractivity contribution in [2.75, 3.05) is 32.7 Å². The topological polar surface area (TPSA) is 31.7 Å². The highest BCUT2D eigenvalue weighted by Crippen LogP contribution is 2.19. The Bertz CT molecular complexity index is 439. The molecule has 0 atom stereocenters. The van der Waals surface area contributed by atoms with E-state index >= 15 is 0 Å². The summed E-state index contributed by atoms with van der Waals surface area (Å²) in [5.74, 6) is 2.18. The first-order valence-electron chi connectivity index (χ1n) is 8.16. The van der Waals surface area contributed by atoms with E-state index in [1.807, 2.05) is 0 Å². The first kappa shape index (κ1) is 16.5. The molecule has 1 saturated heterocycles.